The Morgan fingerprint density at radius 3 is 2.54 bits per heavy atom. The van der Waals surface area contributed by atoms with Crippen LogP contribution >= 0.6 is 0 Å². The second-order valence-corrected chi connectivity index (χ2v) is 9.73. The van der Waals surface area contributed by atoms with Gasteiger partial charge in [-0.3, -0.25) is 9.59 Å². The lowest BCUT2D eigenvalue weighted by molar-refractivity contribution is -0.169. The van der Waals surface area contributed by atoms with Gasteiger partial charge in [0.15, 0.2) is 5.82 Å². The summed E-state index contributed by atoms with van der Waals surface area (Å²) >= 11 is 0. The molecule has 2 fully saturated rings. The molecule has 186 valence electrons. The fourth-order valence-corrected chi connectivity index (χ4v) is 5.48. The molecule has 2 aromatic rings. The first kappa shape index (κ1) is 25.0. The van der Waals surface area contributed by atoms with Gasteiger partial charge in [0.2, 0.25) is 5.91 Å². The van der Waals surface area contributed by atoms with E-state index in [2.05, 4.69) is 39.5 Å². The van der Waals surface area contributed by atoms with E-state index in [-0.39, 0.29) is 30.4 Å². The average molecular weight is 477 g/mol. The van der Waals surface area contributed by atoms with Gasteiger partial charge in [0.05, 0.1) is 12.0 Å². The first-order chi connectivity index (χ1) is 17.1. The molecule has 0 spiro atoms. The molecule has 2 saturated carbocycles. The second-order valence-electron chi connectivity index (χ2n) is 9.73. The maximum atomic E-state index is 13.7. The molecule has 0 saturated heterocycles. The highest BCUT2D eigenvalue weighted by molar-refractivity contribution is 5.91. The van der Waals surface area contributed by atoms with Gasteiger partial charge in [-0.15, -0.1) is 11.7 Å². The minimum Gasteiger partial charge on any atom is -0.461 e. The van der Waals surface area contributed by atoms with E-state index in [0.29, 0.717) is 18.3 Å². The van der Waals surface area contributed by atoms with Crippen molar-refractivity contribution in [3.05, 3.63) is 66.9 Å². The Morgan fingerprint density at radius 2 is 1.86 bits per heavy atom. The quantitative estimate of drug-likeness (QED) is 0.228. The number of rotatable bonds is 10. The molecule has 2 unspecified atom stereocenters. The lowest BCUT2D eigenvalue weighted by Gasteiger charge is -2.44. The van der Waals surface area contributed by atoms with Crippen LogP contribution in [0, 0.1) is 11.8 Å². The van der Waals surface area contributed by atoms with Crippen LogP contribution in [0.5, 0.6) is 0 Å². The fourth-order valence-electron chi connectivity index (χ4n) is 5.48. The number of esters is 1. The van der Waals surface area contributed by atoms with Crippen LogP contribution in [-0.4, -0.2) is 41.3 Å². The first-order valence-corrected chi connectivity index (χ1v) is 12.8. The van der Waals surface area contributed by atoms with Crippen LogP contribution in [0.4, 0.5) is 5.82 Å². The molecule has 0 radical (unpaired) electrons. The maximum absolute atomic E-state index is 13.7. The summed E-state index contributed by atoms with van der Waals surface area (Å²) < 4.78 is 6.23. The van der Waals surface area contributed by atoms with Crippen LogP contribution in [-0.2, 0) is 19.7 Å². The molecular formula is C28H36N4O3. The monoisotopic (exact) mass is 476 g/mol. The van der Waals surface area contributed by atoms with E-state index in [0.717, 1.165) is 44.1 Å². The molecule has 35 heavy (non-hydrogen) atoms. The van der Waals surface area contributed by atoms with Crippen molar-refractivity contribution in [1.29, 1.82) is 0 Å². The molecule has 0 aliphatic heterocycles. The number of hydrogen-bond donors (Lipinski definition) is 2. The molecule has 2 aliphatic carbocycles. The van der Waals surface area contributed by atoms with E-state index in [9.17, 15) is 9.59 Å². The van der Waals surface area contributed by atoms with E-state index in [1.807, 2.05) is 24.3 Å². The Hall–Kier alpha value is -3.06. The smallest absolute Gasteiger partial charge is 0.316 e. The summed E-state index contributed by atoms with van der Waals surface area (Å²) in [5.74, 6) is 0.734. The van der Waals surface area contributed by atoms with Gasteiger partial charge < -0.3 is 15.4 Å². The van der Waals surface area contributed by atoms with Crippen molar-refractivity contribution in [1.82, 2.24) is 15.5 Å². The van der Waals surface area contributed by atoms with Crippen molar-refractivity contribution >= 4 is 17.7 Å². The molecule has 1 heterocycles. The third-order valence-electron chi connectivity index (χ3n) is 7.55. The van der Waals surface area contributed by atoms with E-state index in [1.54, 1.807) is 18.3 Å². The van der Waals surface area contributed by atoms with Crippen LogP contribution < -0.4 is 10.6 Å². The van der Waals surface area contributed by atoms with Crippen molar-refractivity contribution < 1.29 is 14.3 Å². The number of nitrogens with one attached hydrogen (secondary N) is 2. The summed E-state index contributed by atoms with van der Waals surface area (Å²) in [6, 6.07) is 13.6. The Morgan fingerprint density at radius 1 is 1.09 bits per heavy atom. The van der Waals surface area contributed by atoms with Crippen LogP contribution in [0.1, 0.15) is 56.9 Å². The topological polar surface area (TPSA) is 93.2 Å². The van der Waals surface area contributed by atoms with Gasteiger partial charge in [0.1, 0.15) is 6.10 Å². The number of ether oxygens (including phenoxy) is 1. The third-order valence-corrected chi connectivity index (χ3v) is 7.55. The minimum atomic E-state index is -0.543. The Balaban J connectivity index is 1.32. The van der Waals surface area contributed by atoms with Crippen molar-refractivity contribution in [3.8, 4) is 0 Å². The molecular weight excluding hydrogens is 440 g/mol. The third kappa shape index (κ3) is 6.14. The van der Waals surface area contributed by atoms with Gasteiger partial charge in [0, 0.05) is 12.1 Å². The fraction of sp³-hybridized carbons (Fsp3) is 0.500. The number of carbonyl (C=O) groups excluding carboxylic acids is 2. The first-order valence-electron chi connectivity index (χ1n) is 12.8. The number of nitrogens with zero attached hydrogens (tertiary/aromatic N) is 2. The number of carbonyl (C=O) groups is 2. The Kier molecular flexibility index (Phi) is 8.64. The Labute approximate surface area is 207 Å². The Bertz CT molecular complexity index is 974. The van der Waals surface area contributed by atoms with Gasteiger partial charge in [0.25, 0.3) is 0 Å². The lowest BCUT2D eigenvalue weighted by atomic mass is 9.68. The van der Waals surface area contributed by atoms with Crippen LogP contribution in [0.15, 0.2) is 61.3 Å². The zero-order valence-electron chi connectivity index (χ0n) is 20.3. The van der Waals surface area contributed by atoms with E-state index < -0.39 is 5.41 Å². The summed E-state index contributed by atoms with van der Waals surface area (Å²) in [4.78, 5) is 25.8. The highest BCUT2D eigenvalue weighted by Gasteiger charge is 2.47. The van der Waals surface area contributed by atoms with Gasteiger partial charge in [-0.25, -0.2) is 0 Å². The molecule has 4 rings (SSSR count). The van der Waals surface area contributed by atoms with Crippen molar-refractivity contribution in [2.24, 2.45) is 11.8 Å². The minimum absolute atomic E-state index is 0.0700. The van der Waals surface area contributed by atoms with Gasteiger partial charge in [-0.1, -0.05) is 62.1 Å². The molecule has 1 aromatic heterocycles. The summed E-state index contributed by atoms with van der Waals surface area (Å²) in [5, 5.41) is 13.5. The zero-order valence-corrected chi connectivity index (χ0v) is 20.3. The number of anilines is 1. The summed E-state index contributed by atoms with van der Waals surface area (Å²) in [6.07, 6.45) is 11.2. The normalized spacial score (nSPS) is 23.4. The van der Waals surface area contributed by atoms with Crippen LogP contribution in [0.2, 0.25) is 0 Å². The summed E-state index contributed by atoms with van der Waals surface area (Å²) in [7, 11) is 0. The highest BCUT2D eigenvalue weighted by Crippen LogP contribution is 2.44. The number of aromatic nitrogens is 2. The predicted octanol–water partition coefficient (Wildman–Crippen LogP) is 4.42. The van der Waals surface area contributed by atoms with Crippen molar-refractivity contribution in [2.75, 3.05) is 18.4 Å². The molecule has 1 amide bonds. The predicted molar refractivity (Wildman–Crippen MR) is 136 cm³/mol. The molecule has 7 heteroatoms. The van der Waals surface area contributed by atoms with Crippen molar-refractivity contribution in [2.45, 2.75) is 62.9 Å². The summed E-state index contributed by atoms with van der Waals surface area (Å²) in [6.45, 7) is 4.81. The van der Waals surface area contributed by atoms with E-state index >= 15 is 0 Å². The zero-order chi connectivity index (χ0) is 24.5. The lowest BCUT2D eigenvalue weighted by Crippen LogP contribution is -2.48. The highest BCUT2D eigenvalue weighted by atomic mass is 16.5. The second kappa shape index (κ2) is 12.1. The number of amides is 1. The largest absolute Gasteiger partial charge is 0.461 e. The van der Waals surface area contributed by atoms with E-state index in [1.165, 1.54) is 12.8 Å². The molecule has 0 bridgehead atoms. The average Bonchev–Trinajstić information content (AvgIpc) is 3.14. The standard InChI is InChI=1S/C28H36N4O3/c1-2-21-19-24(23(21)14-18-29-20-26(33)31-25-13-10-17-30-32-25)35-27(34)28(15-8-3-4-9-16-28)22-11-6-5-7-12-22/h2,5-7,10-13,17,21,23-24,29H,1,3-4,8-9,14-16,18-20H2,(H,31,32,33)/t21?,23?,24-/m0/s1. The number of hydrogen-bond acceptors (Lipinski definition) is 6. The summed E-state index contributed by atoms with van der Waals surface area (Å²) in [5.41, 5.74) is 0.539. The number of allylic oxidation sites excluding steroid dienone is 1. The SMILES string of the molecule is C=CC1C[C@H](OC(=O)C2(c3ccccc3)CCCCCC2)C1CCNCC(=O)Nc1cccnn1. The number of benzene rings is 1. The van der Waals surface area contributed by atoms with Crippen LogP contribution in [0.3, 0.4) is 0 Å². The van der Waals surface area contributed by atoms with Gasteiger partial charge in [-0.2, -0.15) is 5.10 Å². The molecule has 7 nitrogen and oxygen atoms in total. The van der Waals surface area contributed by atoms with Crippen LogP contribution in [0.25, 0.3) is 0 Å². The van der Waals surface area contributed by atoms with Gasteiger partial charge in [-0.05, 0) is 55.8 Å². The molecule has 3 atom stereocenters. The van der Waals surface area contributed by atoms with Crippen molar-refractivity contribution in [3.63, 3.8) is 0 Å². The van der Waals surface area contributed by atoms with E-state index in [4.69, 9.17) is 4.74 Å². The molecule has 2 aliphatic rings. The maximum Gasteiger partial charge on any atom is 0.316 e. The molecule has 2 N–H and O–H groups in total. The van der Waals surface area contributed by atoms with Gasteiger partial charge >= 0.3 is 5.97 Å². The molecule has 1 aromatic carbocycles.